The molecule has 0 aliphatic rings. The molecule has 0 aromatic heterocycles. The molecule has 0 heterocycles. The minimum Gasteiger partial charge on any atom is -0.480 e. The average Bonchev–Trinajstić information content (AvgIpc) is 2.81. The van der Waals surface area contributed by atoms with Gasteiger partial charge in [-0.3, -0.25) is 14.4 Å². The second kappa shape index (κ2) is 13.8. The van der Waals surface area contributed by atoms with Crippen molar-refractivity contribution in [2.24, 2.45) is 0 Å². The smallest absolute Gasteiger partial charge is 0.408 e. The molecule has 0 saturated heterocycles. The van der Waals surface area contributed by atoms with E-state index in [4.69, 9.17) is 14.6 Å². The predicted octanol–water partition coefficient (Wildman–Crippen LogP) is 2.02. The van der Waals surface area contributed by atoms with E-state index in [0.29, 0.717) is 0 Å². The van der Waals surface area contributed by atoms with E-state index in [1.165, 1.54) is 0 Å². The van der Waals surface area contributed by atoms with Crippen molar-refractivity contribution in [3.63, 3.8) is 0 Å². The summed E-state index contributed by atoms with van der Waals surface area (Å²) in [4.78, 5) is 49.1. The normalized spacial score (nSPS) is 12.6. The number of hydrogen-bond acceptors (Lipinski definition) is 6. The summed E-state index contributed by atoms with van der Waals surface area (Å²) in [6.07, 6.45) is -0.705. The first-order valence-electron chi connectivity index (χ1n) is 11.5. The molecule has 0 radical (unpaired) electrons. The van der Waals surface area contributed by atoms with Gasteiger partial charge in [-0.05, 0) is 31.9 Å². The van der Waals surface area contributed by atoms with Gasteiger partial charge in [0.05, 0.1) is 13.2 Å². The molecule has 0 unspecified atom stereocenters. The molecule has 194 valence electrons. The molecule has 0 aliphatic carbocycles. The van der Waals surface area contributed by atoms with Gasteiger partial charge in [-0.1, -0.05) is 60.7 Å². The van der Waals surface area contributed by atoms with Crippen LogP contribution in [0.3, 0.4) is 0 Å². The molecular weight excluding hydrogens is 466 g/mol. The van der Waals surface area contributed by atoms with Crippen molar-refractivity contribution in [3.05, 3.63) is 71.8 Å². The van der Waals surface area contributed by atoms with Gasteiger partial charge in [-0.25, -0.2) is 4.79 Å². The number of carbonyl (C=O) groups excluding carboxylic acids is 3. The molecule has 0 spiro atoms. The second-order valence-electron chi connectivity index (χ2n) is 9.06. The van der Waals surface area contributed by atoms with Gasteiger partial charge in [-0.2, -0.15) is 0 Å². The van der Waals surface area contributed by atoms with Crippen molar-refractivity contribution in [1.29, 1.82) is 0 Å². The number of carbonyl (C=O) groups is 4. The largest absolute Gasteiger partial charge is 0.480 e. The van der Waals surface area contributed by atoms with Crippen molar-refractivity contribution >= 4 is 23.9 Å². The molecule has 10 heteroatoms. The zero-order chi connectivity index (χ0) is 26.6. The molecule has 4 N–H and O–H groups in total. The van der Waals surface area contributed by atoms with E-state index in [1.807, 2.05) is 36.4 Å². The van der Waals surface area contributed by atoms with Crippen LogP contribution >= 0.6 is 0 Å². The van der Waals surface area contributed by atoms with Crippen LogP contribution < -0.4 is 16.0 Å². The van der Waals surface area contributed by atoms with Crippen LogP contribution in [0.25, 0.3) is 0 Å². The zero-order valence-electron chi connectivity index (χ0n) is 20.7. The number of hydrogen-bond donors (Lipinski definition) is 4. The fourth-order valence-electron chi connectivity index (χ4n) is 3.12. The molecule has 0 saturated carbocycles. The number of alkyl carbamates (subject to hydrolysis) is 1. The summed E-state index contributed by atoms with van der Waals surface area (Å²) in [5, 5.41) is 16.3. The van der Waals surface area contributed by atoms with Crippen LogP contribution in [0.1, 0.15) is 31.9 Å². The van der Waals surface area contributed by atoms with Crippen LogP contribution in [0.15, 0.2) is 60.7 Å². The molecular formula is C26H33N3O7. The van der Waals surface area contributed by atoms with Gasteiger partial charge >= 0.3 is 12.1 Å². The summed E-state index contributed by atoms with van der Waals surface area (Å²) in [7, 11) is 0. The summed E-state index contributed by atoms with van der Waals surface area (Å²) >= 11 is 0. The second-order valence-corrected chi connectivity index (χ2v) is 9.06. The topological polar surface area (TPSA) is 143 Å². The number of rotatable bonds is 12. The van der Waals surface area contributed by atoms with E-state index in [0.717, 1.165) is 11.1 Å². The van der Waals surface area contributed by atoms with Gasteiger partial charge in [0.15, 0.2) is 0 Å². The average molecular weight is 500 g/mol. The number of benzene rings is 2. The van der Waals surface area contributed by atoms with Gasteiger partial charge < -0.3 is 30.5 Å². The van der Waals surface area contributed by atoms with E-state index >= 15 is 0 Å². The number of carboxylic acids is 1. The third kappa shape index (κ3) is 11.0. The Balaban J connectivity index is 2.14. The van der Waals surface area contributed by atoms with Crippen molar-refractivity contribution in [2.75, 3.05) is 13.2 Å². The third-order valence-corrected chi connectivity index (χ3v) is 4.73. The lowest BCUT2D eigenvalue weighted by molar-refractivity contribution is -0.138. The van der Waals surface area contributed by atoms with Crippen molar-refractivity contribution in [1.82, 2.24) is 16.0 Å². The monoisotopic (exact) mass is 499 g/mol. The van der Waals surface area contributed by atoms with Crippen LogP contribution in [-0.2, 0) is 36.9 Å². The first-order valence-corrected chi connectivity index (χ1v) is 11.5. The van der Waals surface area contributed by atoms with E-state index in [-0.39, 0.29) is 19.6 Å². The predicted molar refractivity (Wildman–Crippen MR) is 132 cm³/mol. The summed E-state index contributed by atoms with van der Waals surface area (Å²) in [5.41, 5.74) is 0.844. The summed E-state index contributed by atoms with van der Waals surface area (Å²) in [5.74, 6) is -2.57. The molecule has 10 nitrogen and oxygen atoms in total. The Morgan fingerprint density at radius 1 is 0.833 bits per heavy atom. The molecule has 2 aromatic carbocycles. The molecule has 0 fully saturated rings. The Morgan fingerprint density at radius 3 is 1.97 bits per heavy atom. The highest BCUT2D eigenvalue weighted by Crippen LogP contribution is 2.08. The Bertz CT molecular complexity index is 1010. The fraction of sp³-hybridized carbons (Fsp3) is 0.385. The molecule has 2 atom stereocenters. The lowest BCUT2D eigenvalue weighted by atomic mass is 10.0. The number of nitrogens with one attached hydrogen (secondary N) is 3. The van der Waals surface area contributed by atoms with Gasteiger partial charge in [-0.15, -0.1) is 0 Å². The van der Waals surface area contributed by atoms with E-state index < -0.39 is 48.1 Å². The Kier molecular flexibility index (Phi) is 10.9. The van der Waals surface area contributed by atoms with Crippen LogP contribution in [-0.4, -0.2) is 59.8 Å². The van der Waals surface area contributed by atoms with E-state index in [2.05, 4.69) is 16.0 Å². The molecule has 2 rings (SSSR count). The lowest BCUT2D eigenvalue weighted by Crippen LogP contribution is -2.56. The van der Waals surface area contributed by atoms with Gasteiger partial charge in [0.2, 0.25) is 11.8 Å². The van der Waals surface area contributed by atoms with Gasteiger partial charge in [0, 0.05) is 6.42 Å². The number of aliphatic carboxylic acids is 1. The minimum absolute atomic E-state index is 0.113. The third-order valence-electron chi connectivity index (χ3n) is 4.73. The Hall–Kier alpha value is -3.92. The quantitative estimate of drug-likeness (QED) is 0.350. The number of amides is 3. The van der Waals surface area contributed by atoms with E-state index in [1.54, 1.807) is 45.0 Å². The number of ether oxygens (including phenoxy) is 2. The SMILES string of the molecule is CC(C)(C)OC(=O)N[C@@H](COCc1ccccc1)C(=O)N[C@@H](Cc1ccccc1)C(=O)NCC(=O)O. The highest BCUT2D eigenvalue weighted by atomic mass is 16.6. The maximum Gasteiger partial charge on any atom is 0.408 e. The first kappa shape index (κ1) is 28.3. The van der Waals surface area contributed by atoms with Crippen LogP contribution in [0.5, 0.6) is 0 Å². The number of carboxylic acid groups (broad SMARTS) is 1. The lowest BCUT2D eigenvalue weighted by Gasteiger charge is -2.25. The Morgan fingerprint density at radius 2 is 1.42 bits per heavy atom. The zero-order valence-corrected chi connectivity index (χ0v) is 20.7. The van der Waals surface area contributed by atoms with Crippen LogP contribution in [0, 0.1) is 0 Å². The van der Waals surface area contributed by atoms with Gasteiger partial charge in [0.1, 0.15) is 24.2 Å². The molecule has 2 aromatic rings. The summed E-state index contributed by atoms with van der Waals surface area (Å²) < 4.78 is 10.9. The maximum absolute atomic E-state index is 13.2. The minimum atomic E-state index is -1.22. The van der Waals surface area contributed by atoms with Crippen molar-refractivity contribution in [3.8, 4) is 0 Å². The van der Waals surface area contributed by atoms with Gasteiger partial charge in [0.25, 0.3) is 0 Å². The summed E-state index contributed by atoms with van der Waals surface area (Å²) in [6.45, 7) is 4.49. The first-order chi connectivity index (χ1) is 17.0. The Labute approximate surface area is 210 Å². The van der Waals surface area contributed by atoms with Crippen molar-refractivity contribution in [2.45, 2.75) is 51.5 Å². The highest BCUT2D eigenvalue weighted by molar-refractivity contribution is 5.92. The van der Waals surface area contributed by atoms with Crippen LogP contribution in [0.4, 0.5) is 4.79 Å². The molecule has 36 heavy (non-hydrogen) atoms. The van der Waals surface area contributed by atoms with Crippen molar-refractivity contribution < 1.29 is 33.8 Å². The molecule has 3 amide bonds. The van der Waals surface area contributed by atoms with Crippen LogP contribution in [0.2, 0.25) is 0 Å². The molecule has 0 aliphatic heterocycles. The van der Waals surface area contributed by atoms with E-state index in [9.17, 15) is 19.2 Å². The summed E-state index contributed by atoms with van der Waals surface area (Å²) in [6, 6.07) is 16.0. The fourth-order valence-corrected chi connectivity index (χ4v) is 3.12. The standard InChI is InChI=1S/C26H33N3O7/c1-26(2,3)36-25(34)29-21(17-35-16-19-12-8-5-9-13-19)24(33)28-20(23(32)27-15-22(30)31)14-18-10-6-4-7-11-18/h4-13,20-21H,14-17H2,1-3H3,(H,27,32)(H,28,33)(H,29,34)(H,30,31)/t20-,21-/m0/s1. The maximum atomic E-state index is 13.2. The molecule has 0 bridgehead atoms. The highest BCUT2D eigenvalue weighted by Gasteiger charge is 2.29.